The summed E-state index contributed by atoms with van der Waals surface area (Å²) in [5.41, 5.74) is 1.70. The van der Waals surface area contributed by atoms with Crippen LogP contribution in [0.4, 0.5) is 0 Å². The first kappa shape index (κ1) is 13.8. The van der Waals surface area contributed by atoms with Gasteiger partial charge in [0.05, 0.1) is 13.2 Å². The van der Waals surface area contributed by atoms with Gasteiger partial charge in [-0.05, 0) is 44.0 Å². The van der Waals surface area contributed by atoms with Gasteiger partial charge in [0.25, 0.3) is 0 Å². The first-order valence-electron chi connectivity index (χ1n) is 8.38. The Kier molecular flexibility index (Phi) is 2.57. The molecule has 2 heterocycles. The van der Waals surface area contributed by atoms with E-state index in [9.17, 15) is 9.90 Å². The van der Waals surface area contributed by atoms with Crippen LogP contribution >= 0.6 is 0 Å². The second-order valence-electron chi connectivity index (χ2n) is 7.38. The van der Waals surface area contributed by atoms with Gasteiger partial charge in [0.1, 0.15) is 0 Å². The smallest absolute Gasteiger partial charge is 0.174 e. The van der Waals surface area contributed by atoms with E-state index in [1.54, 1.807) is 7.11 Å². The Morgan fingerprint density at radius 2 is 2.26 bits per heavy atom. The maximum atomic E-state index is 12.6. The number of rotatable bonds is 1. The SMILES string of the molecule is COc1ccc2c3c1O[C@H]1C(=O)CC[C@@H]4[C@@H]([C@H]2O)N(C)CC[C@@]341. The number of hydrogen-bond donors (Lipinski definition) is 1. The molecule has 5 rings (SSSR count). The number of piperidine rings is 1. The minimum absolute atomic E-state index is 0.0646. The van der Waals surface area contributed by atoms with Gasteiger partial charge in [-0.1, -0.05) is 6.07 Å². The lowest BCUT2D eigenvalue weighted by Gasteiger charge is -2.58. The van der Waals surface area contributed by atoms with Gasteiger partial charge in [-0.15, -0.1) is 0 Å². The highest BCUT2D eigenvalue weighted by atomic mass is 16.5. The summed E-state index contributed by atoms with van der Waals surface area (Å²) in [6.45, 7) is 0.876. The number of benzene rings is 1. The molecule has 2 fully saturated rings. The van der Waals surface area contributed by atoms with Crippen LogP contribution < -0.4 is 9.47 Å². The molecule has 0 amide bonds. The van der Waals surface area contributed by atoms with Gasteiger partial charge in [0, 0.05) is 23.4 Å². The molecule has 1 saturated heterocycles. The van der Waals surface area contributed by atoms with Gasteiger partial charge in [-0.2, -0.15) is 0 Å². The Morgan fingerprint density at radius 3 is 3.04 bits per heavy atom. The Bertz CT molecular complexity index is 717. The van der Waals surface area contributed by atoms with Gasteiger partial charge in [-0.25, -0.2) is 0 Å². The number of hydrogen-bond acceptors (Lipinski definition) is 5. The normalized spacial score (nSPS) is 40.6. The highest BCUT2D eigenvalue weighted by Gasteiger charge is 2.67. The third-order valence-corrected chi connectivity index (χ3v) is 6.64. The van der Waals surface area contributed by atoms with Crippen LogP contribution in [0.3, 0.4) is 0 Å². The molecule has 1 aromatic carbocycles. The summed E-state index contributed by atoms with van der Waals surface area (Å²) in [5, 5.41) is 11.0. The summed E-state index contributed by atoms with van der Waals surface area (Å²) in [6.07, 6.45) is 1.34. The Hall–Kier alpha value is -1.59. The molecule has 5 nitrogen and oxygen atoms in total. The molecule has 2 aliphatic heterocycles. The highest BCUT2D eigenvalue weighted by Crippen LogP contribution is 2.64. The predicted octanol–water partition coefficient (Wildman–Crippen LogP) is 1.42. The molecule has 1 spiro atoms. The number of nitrogens with zero attached hydrogens (tertiary/aromatic N) is 1. The molecule has 2 bridgehead atoms. The molecule has 0 aromatic heterocycles. The molecule has 1 aromatic rings. The van der Waals surface area contributed by atoms with Crippen LogP contribution in [0.2, 0.25) is 0 Å². The van der Waals surface area contributed by atoms with E-state index in [-0.39, 0.29) is 23.2 Å². The number of likely N-dealkylation sites (tertiary alicyclic amines) is 1. The average molecular weight is 315 g/mol. The molecule has 5 atom stereocenters. The maximum Gasteiger partial charge on any atom is 0.174 e. The van der Waals surface area contributed by atoms with Gasteiger partial charge in [0.2, 0.25) is 0 Å². The fourth-order valence-electron chi connectivity index (χ4n) is 5.74. The van der Waals surface area contributed by atoms with Crippen molar-refractivity contribution < 1.29 is 19.4 Å². The summed E-state index contributed by atoms with van der Waals surface area (Å²) in [4.78, 5) is 14.9. The number of Topliss-reactive ketones (excluding diaryl/α,β-unsaturated/α-hetero) is 1. The standard InChI is InChI=1S/C18H21NO4/c1-19-8-7-18-10-4-5-11(20)17(18)23-16-12(22-2)6-3-9(13(16)18)15(21)14(10)19/h3,6,10,14-15,17,21H,4-5,7-8H2,1-2H3/t10-,14+,15+,17+,18+/m1/s1. The largest absolute Gasteiger partial charge is 0.493 e. The van der Waals surface area contributed by atoms with Gasteiger partial charge >= 0.3 is 0 Å². The van der Waals surface area contributed by atoms with Crippen LogP contribution in [0, 0.1) is 5.92 Å². The number of carbonyl (C=O) groups excluding carboxylic acids is 1. The molecule has 0 unspecified atom stereocenters. The average Bonchev–Trinajstić information content (AvgIpc) is 2.90. The van der Waals surface area contributed by atoms with Crippen molar-refractivity contribution in [3.63, 3.8) is 0 Å². The molecule has 122 valence electrons. The lowest BCUT2D eigenvalue weighted by molar-refractivity contribution is -0.143. The molecular formula is C18H21NO4. The summed E-state index contributed by atoms with van der Waals surface area (Å²) < 4.78 is 11.7. The number of methoxy groups -OCH3 is 1. The van der Waals surface area contributed by atoms with Crippen molar-refractivity contribution in [3.05, 3.63) is 23.3 Å². The first-order valence-corrected chi connectivity index (χ1v) is 8.38. The maximum absolute atomic E-state index is 12.6. The van der Waals surface area contributed by atoms with Gasteiger partial charge in [0.15, 0.2) is 23.4 Å². The number of likely N-dealkylation sites (N-methyl/N-ethyl adjacent to an activating group) is 1. The van der Waals surface area contributed by atoms with Gasteiger partial charge < -0.3 is 19.5 Å². The summed E-state index contributed by atoms with van der Waals surface area (Å²) in [7, 11) is 3.70. The van der Waals surface area contributed by atoms with Crippen molar-refractivity contribution in [2.45, 2.75) is 42.9 Å². The van der Waals surface area contributed by atoms with Crippen molar-refractivity contribution in [3.8, 4) is 11.5 Å². The summed E-state index contributed by atoms with van der Waals surface area (Å²) in [5.74, 6) is 1.82. The van der Waals surface area contributed by atoms with E-state index in [0.717, 1.165) is 30.5 Å². The number of carbonyl (C=O) groups is 1. The number of ketones is 1. The van der Waals surface area contributed by atoms with E-state index in [0.29, 0.717) is 17.9 Å². The van der Waals surface area contributed by atoms with Crippen LogP contribution in [0.15, 0.2) is 12.1 Å². The first-order chi connectivity index (χ1) is 11.1. The zero-order valence-electron chi connectivity index (χ0n) is 13.4. The Balaban J connectivity index is 1.84. The van der Waals surface area contributed by atoms with E-state index < -0.39 is 12.2 Å². The van der Waals surface area contributed by atoms with Crippen LogP contribution in [-0.4, -0.2) is 48.6 Å². The van der Waals surface area contributed by atoms with Gasteiger partial charge in [-0.3, -0.25) is 4.79 Å². The van der Waals surface area contributed by atoms with E-state index in [1.165, 1.54) is 0 Å². The molecule has 1 saturated carbocycles. The minimum atomic E-state index is -0.534. The zero-order chi connectivity index (χ0) is 15.9. The lowest BCUT2D eigenvalue weighted by atomic mass is 9.51. The van der Waals surface area contributed by atoms with E-state index in [4.69, 9.17) is 9.47 Å². The van der Waals surface area contributed by atoms with Crippen molar-refractivity contribution in [1.29, 1.82) is 0 Å². The Morgan fingerprint density at radius 1 is 1.43 bits per heavy atom. The Labute approximate surface area is 135 Å². The summed E-state index contributed by atoms with van der Waals surface area (Å²) >= 11 is 0. The van der Waals surface area contributed by atoms with E-state index in [2.05, 4.69) is 11.9 Å². The molecule has 5 heteroatoms. The number of aliphatic hydroxyl groups is 1. The molecule has 0 radical (unpaired) electrons. The summed E-state index contributed by atoms with van der Waals surface area (Å²) in [6, 6.07) is 3.87. The highest BCUT2D eigenvalue weighted by molar-refractivity contribution is 5.89. The quantitative estimate of drug-likeness (QED) is 0.849. The second-order valence-corrected chi connectivity index (χ2v) is 7.38. The topological polar surface area (TPSA) is 59.0 Å². The van der Waals surface area contributed by atoms with Crippen molar-refractivity contribution in [1.82, 2.24) is 4.90 Å². The van der Waals surface area contributed by atoms with Crippen LogP contribution in [-0.2, 0) is 10.2 Å². The third-order valence-electron chi connectivity index (χ3n) is 6.64. The molecule has 1 N–H and O–H groups in total. The van der Waals surface area contributed by atoms with E-state index in [1.807, 2.05) is 12.1 Å². The third kappa shape index (κ3) is 1.40. The fraction of sp³-hybridized carbons (Fsp3) is 0.611. The number of ether oxygens (including phenoxy) is 2. The molecule has 2 aliphatic carbocycles. The van der Waals surface area contributed by atoms with Crippen LogP contribution in [0.1, 0.15) is 36.5 Å². The van der Waals surface area contributed by atoms with Crippen molar-refractivity contribution >= 4 is 5.78 Å². The lowest BCUT2D eigenvalue weighted by Crippen LogP contribution is -2.66. The second kappa shape index (κ2) is 4.28. The molecule has 23 heavy (non-hydrogen) atoms. The molecular weight excluding hydrogens is 294 g/mol. The zero-order valence-corrected chi connectivity index (χ0v) is 13.4. The predicted molar refractivity (Wildman–Crippen MR) is 82.8 cm³/mol. The van der Waals surface area contributed by atoms with Crippen molar-refractivity contribution in [2.75, 3.05) is 20.7 Å². The minimum Gasteiger partial charge on any atom is -0.493 e. The van der Waals surface area contributed by atoms with Crippen LogP contribution in [0.5, 0.6) is 11.5 Å². The fourth-order valence-corrected chi connectivity index (χ4v) is 5.74. The van der Waals surface area contributed by atoms with Crippen LogP contribution in [0.25, 0.3) is 0 Å². The number of aliphatic hydroxyl groups excluding tert-OH is 1. The molecule has 4 aliphatic rings. The van der Waals surface area contributed by atoms with Crippen molar-refractivity contribution in [2.24, 2.45) is 5.92 Å². The monoisotopic (exact) mass is 315 g/mol. The van der Waals surface area contributed by atoms with E-state index >= 15 is 0 Å².